The zero-order valence-electron chi connectivity index (χ0n) is 12.3. The Morgan fingerprint density at radius 2 is 1.90 bits per heavy atom. The summed E-state index contributed by atoms with van der Waals surface area (Å²) in [6.07, 6.45) is 1.00. The van der Waals surface area contributed by atoms with Gasteiger partial charge >= 0.3 is 0 Å². The number of anilines is 2. The highest BCUT2D eigenvalue weighted by atomic mass is 32.2. The Bertz CT molecular complexity index is 623. The lowest BCUT2D eigenvalue weighted by Crippen LogP contribution is -2.13. The number of rotatable bonds is 5. The van der Waals surface area contributed by atoms with Crippen molar-refractivity contribution in [2.75, 3.05) is 16.8 Å². The number of nitrogens with one attached hydrogen (secondary N) is 1. The highest BCUT2D eigenvalue weighted by Gasteiger charge is 2.05. The predicted octanol–water partition coefficient (Wildman–Crippen LogP) is 3.87. The van der Waals surface area contributed by atoms with Crippen LogP contribution in [0.25, 0.3) is 0 Å². The van der Waals surface area contributed by atoms with Gasteiger partial charge in [0.1, 0.15) is 0 Å². The SMILES string of the molecule is CCc1ccc(NC(=O)CSc2ccc(N)c(C)c2)cc1. The number of hydrogen-bond acceptors (Lipinski definition) is 3. The van der Waals surface area contributed by atoms with Gasteiger partial charge in [-0.2, -0.15) is 0 Å². The third kappa shape index (κ3) is 4.53. The molecule has 0 aliphatic rings. The molecule has 3 nitrogen and oxygen atoms in total. The molecule has 2 aromatic rings. The van der Waals surface area contributed by atoms with E-state index in [2.05, 4.69) is 12.2 Å². The molecule has 0 unspecified atom stereocenters. The molecule has 110 valence electrons. The molecule has 0 aliphatic heterocycles. The van der Waals surface area contributed by atoms with Crippen molar-refractivity contribution < 1.29 is 4.79 Å². The predicted molar refractivity (Wildman–Crippen MR) is 90.8 cm³/mol. The minimum Gasteiger partial charge on any atom is -0.399 e. The number of carbonyl (C=O) groups is 1. The van der Waals surface area contributed by atoms with Crippen LogP contribution in [0, 0.1) is 6.92 Å². The second-order valence-electron chi connectivity index (χ2n) is 4.91. The first kappa shape index (κ1) is 15.4. The van der Waals surface area contributed by atoms with Gasteiger partial charge in [0.2, 0.25) is 5.91 Å². The van der Waals surface area contributed by atoms with Gasteiger partial charge in [-0.05, 0) is 54.8 Å². The fourth-order valence-corrected chi connectivity index (χ4v) is 2.70. The Balaban J connectivity index is 1.87. The average Bonchev–Trinajstić information content (AvgIpc) is 2.49. The van der Waals surface area contributed by atoms with Crippen LogP contribution >= 0.6 is 11.8 Å². The van der Waals surface area contributed by atoms with Gasteiger partial charge in [-0.15, -0.1) is 11.8 Å². The lowest BCUT2D eigenvalue weighted by atomic mass is 10.1. The van der Waals surface area contributed by atoms with Crippen LogP contribution in [0.4, 0.5) is 11.4 Å². The highest BCUT2D eigenvalue weighted by molar-refractivity contribution is 8.00. The van der Waals surface area contributed by atoms with E-state index < -0.39 is 0 Å². The van der Waals surface area contributed by atoms with Gasteiger partial charge in [-0.3, -0.25) is 4.79 Å². The van der Waals surface area contributed by atoms with Crippen molar-refractivity contribution in [2.24, 2.45) is 0 Å². The summed E-state index contributed by atoms with van der Waals surface area (Å²) in [5, 5.41) is 2.91. The summed E-state index contributed by atoms with van der Waals surface area (Å²) in [5.41, 5.74) is 9.70. The smallest absolute Gasteiger partial charge is 0.234 e. The van der Waals surface area contributed by atoms with Crippen molar-refractivity contribution in [1.29, 1.82) is 0 Å². The number of nitrogens with two attached hydrogens (primary N) is 1. The van der Waals surface area contributed by atoms with E-state index in [0.717, 1.165) is 28.3 Å². The van der Waals surface area contributed by atoms with E-state index in [1.54, 1.807) is 0 Å². The molecule has 0 saturated carbocycles. The Morgan fingerprint density at radius 1 is 1.19 bits per heavy atom. The summed E-state index contributed by atoms with van der Waals surface area (Å²) in [5.74, 6) is 0.387. The molecule has 0 bridgehead atoms. The molecule has 1 amide bonds. The van der Waals surface area contributed by atoms with E-state index >= 15 is 0 Å². The lowest BCUT2D eigenvalue weighted by Gasteiger charge is -2.07. The van der Waals surface area contributed by atoms with Gasteiger partial charge in [0, 0.05) is 16.3 Å². The number of aryl methyl sites for hydroxylation is 2. The van der Waals surface area contributed by atoms with Gasteiger partial charge in [-0.25, -0.2) is 0 Å². The summed E-state index contributed by atoms with van der Waals surface area (Å²) in [4.78, 5) is 13.0. The normalized spacial score (nSPS) is 10.4. The van der Waals surface area contributed by atoms with Crippen LogP contribution in [0.5, 0.6) is 0 Å². The maximum absolute atomic E-state index is 11.9. The van der Waals surface area contributed by atoms with Crippen LogP contribution in [-0.2, 0) is 11.2 Å². The van der Waals surface area contributed by atoms with Gasteiger partial charge in [0.25, 0.3) is 0 Å². The van der Waals surface area contributed by atoms with Crippen LogP contribution in [-0.4, -0.2) is 11.7 Å². The number of nitrogen functional groups attached to an aromatic ring is 1. The molecule has 0 saturated heterocycles. The van der Waals surface area contributed by atoms with Gasteiger partial charge in [-0.1, -0.05) is 19.1 Å². The lowest BCUT2D eigenvalue weighted by molar-refractivity contribution is -0.113. The van der Waals surface area contributed by atoms with E-state index in [4.69, 9.17) is 5.73 Å². The number of thioether (sulfide) groups is 1. The first-order valence-electron chi connectivity index (χ1n) is 6.96. The molecule has 2 rings (SSSR count). The summed E-state index contributed by atoms with van der Waals surface area (Å²) >= 11 is 1.51. The van der Waals surface area contributed by atoms with Crippen LogP contribution in [0.2, 0.25) is 0 Å². The number of benzene rings is 2. The second-order valence-corrected chi connectivity index (χ2v) is 5.95. The Kier molecular flexibility index (Phi) is 5.28. The van der Waals surface area contributed by atoms with Gasteiger partial charge in [0.15, 0.2) is 0 Å². The summed E-state index contributed by atoms with van der Waals surface area (Å²) in [6.45, 7) is 4.08. The minimum absolute atomic E-state index is 0.00118. The zero-order valence-corrected chi connectivity index (χ0v) is 13.2. The van der Waals surface area contributed by atoms with Crippen molar-refractivity contribution in [1.82, 2.24) is 0 Å². The molecule has 0 aromatic heterocycles. The topological polar surface area (TPSA) is 55.1 Å². The number of carbonyl (C=O) groups excluding carboxylic acids is 1. The Morgan fingerprint density at radius 3 is 2.52 bits per heavy atom. The van der Waals surface area contributed by atoms with Crippen molar-refractivity contribution in [3.05, 3.63) is 53.6 Å². The van der Waals surface area contributed by atoms with Crippen LogP contribution < -0.4 is 11.1 Å². The van der Waals surface area contributed by atoms with Crippen molar-refractivity contribution in [2.45, 2.75) is 25.2 Å². The van der Waals surface area contributed by atoms with E-state index in [0.29, 0.717) is 5.75 Å². The molecule has 3 N–H and O–H groups in total. The second kappa shape index (κ2) is 7.18. The third-order valence-corrected chi connectivity index (χ3v) is 4.25. The summed E-state index contributed by atoms with van der Waals surface area (Å²) in [6, 6.07) is 13.8. The van der Waals surface area contributed by atoms with E-state index in [1.807, 2.05) is 49.4 Å². The number of hydrogen-bond donors (Lipinski definition) is 2. The molecule has 0 fully saturated rings. The highest BCUT2D eigenvalue weighted by Crippen LogP contribution is 2.22. The maximum Gasteiger partial charge on any atom is 0.234 e. The van der Waals surface area contributed by atoms with Gasteiger partial charge in [0.05, 0.1) is 5.75 Å². The molecule has 0 radical (unpaired) electrons. The molecule has 0 heterocycles. The fraction of sp³-hybridized carbons (Fsp3) is 0.235. The van der Waals surface area contributed by atoms with Crippen molar-refractivity contribution in [3.8, 4) is 0 Å². The van der Waals surface area contributed by atoms with Crippen molar-refractivity contribution >= 4 is 29.0 Å². The molecule has 0 atom stereocenters. The maximum atomic E-state index is 11.9. The van der Waals surface area contributed by atoms with E-state index in [9.17, 15) is 4.79 Å². The Labute approximate surface area is 129 Å². The van der Waals surface area contributed by atoms with Gasteiger partial charge < -0.3 is 11.1 Å². The fourth-order valence-electron chi connectivity index (χ4n) is 1.91. The Hall–Kier alpha value is -1.94. The molecule has 4 heteroatoms. The zero-order chi connectivity index (χ0) is 15.2. The van der Waals surface area contributed by atoms with E-state index in [1.165, 1.54) is 17.3 Å². The van der Waals surface area contributed by atoms with Crippen LogP contribution in [0.15, 0.2) is 47.4 Å². The summed E-state index contributed by atoms with van der Waals surface area (Å²) in [7, 11) is 0. The van der Waals surface area contributed by atoms with Crippen LogP contribution in [0.3, 0.4) is 0 Å². The minimum atomic E-state index is -0.00118. The standard InChI is InChI=1S/C17H20N2OS/c1-3-13-4-6-14(7-5-13)19-17(20)11-21-15-8-9-16(18)12(2)10-15/h4-10H,3,11,18H2,1-2H3,(H,19,20). The third-order valence-electron chi connectivity index (χ3n) is 3.26. The van der Waals surface area contributed by atoms with Crippen molar-refractivity contribution in [3.63, 3.8) is 0 Å². The molecular weight excluding hydrogens is 280 g/mol. The first-order valence-corrected chi connectivity index (χ1v) is 7.94. The molecule has 21 heavy (non-hydrogen) atoms. The number of amides is 1. The van der Waals surface area contributed by atoms with E-state index in [-0.39, 0.29) is 5.91 Å². The average molecular weight is 300 g/mol. The quantitative estimate of drug-likeness (QED) is 0.651. The molecule has 0 spiro atoms. The first-order chi connectivity index (χ1) is 10.1. The summed E-state index contributed by atoms with van der Waals surface area (Å²) < 4.78 is 0. The van der Waals surface area contributed by atoms with Crippen LogP contribution in [0.1, 0.15) is 18.1 Å². The molecule has 2 aromatic carbocycles. The molecular formula is C17H20N2OS. The molecule has 0 aliphatic carbocycles. The monoisotopic (exact) mass is 300 g/mol. The largest absolute Gasteiger partial charge is 0.399 e.